The molecule has 1 unspecified atom stereocenters. The number of rotatable bonds is 0. The van der Waals surface area contributed by atoms with Gasteiger partial charge in [0.05, 0.1) is 11.9 Å². The van der Waals surface area contributed by atoms with Crippen LogP contribution in [0.15, 0.2) is 24.3 Å². The molecule has 2 rings (SSSR count). The van der Waals surface area contributed by atoms with Crippen molar-refractivity contribution in [2.45, 2.75) is 6.29 Å². The first-order valence-corrected chi connectivity index (χ1v) is 3.25. The summed E-state index contributed by atoms with van der Waals surface area (Å²) in [5.74, 6) is -0.513. The number of benzene rings is 1. The van der Waals surface area contributed by atoms with E-state index in [-0.39, 0.29) is 51.4 Å². The molecule has 0 bridgehead atoms. The zero-order valence-electron chi connectivity index (χ0n) is 6.61. The van der Waals surface area contributed by atoms with Crippen LogP contribution in [0.5, 0.6) is 0 Å². The monoisotopic (exact) mass is 188 g/mol. The summed E-state index contributed by atoms with van der Waals surface area (Å²) in [5.41, 5.74) is 0.838. The van der Waals surface area contributed by atoms with Gasteiger partial charge in [-0.15, -0.1) is 0 Å². The van der Waals surface area contributed by atoms with Crippen molar-refractivity contribution in [3.8, 4) is 0 Å². The predicted molar refractivity (Wildman–Crippen MR) is 34.6 cm³/mol. The fourth-order valence-electron chi connectivity index (χ4n) is 1.11. The Kier molecular flexibility index (Phi) is 3.45. The molecule has 0 spiro atoms. The molecule has 12 heavy (non-hydrogen) atoms. The molecule has 1 aliphatic heterocycles. The maximum atomic E-state index is 10.9. The van der Waals surface area contributed by atoms with Crippen molar-refractivity contribution in [1.29, 1.82) is 0 Å². The summed E-state index contributed by atoms with van der Waals surface area (Å²) in [4.78, 5) is 10.9. The topological polar surface area (TPSA) is 49.4 Å². The van der Waals surface area contributed by atoms with Crippen LogP contribution in [-0.4, -0.2) is 5.97 Å². The van der Waals surface area contributed by atoms with E-state index in [4.69, 9.17) is 0 Å². The zero-order valence-corrected chi connectivity index (χ0v) is 9.73. The fourth-order valence-corrected chi connectivity index (χ4v) is 1.11. The molecule has 0 amide bonds. The van der Waals surface area contributed by atoms with Crippen LogP contribution < -0.4 is 56.5 Å². The van der Waals surface area contributed by atoms with Gasteiger partial charge in [-0.25, -0.2) is 4.79 Å². The van der Waals surface area contributed by atoms with Crippen LogP contribution in [0.25, 0.3) is 0 Å². The molecule has 4 heteroatoms. The minimum Gasteiger partial charge on any atom is -0.818 e. The standard InChI is InChI=1S/C8H5O3.K/c9-7-5-3-1-2-4-6(5)8(10)11-7;/h1-4,7H;/q-1;+1. The molecule has 0 aromatic heterocycles. The van der Waals surface area contributed by atoms with Gasteiger partial charge in [0.25, 0.3) is 0 Å². The van der Waals surface area contributed by atoms with Gasteiger partial charge in [-0.05, 0) is 11.6 Å². The number of carbonyl (C=O) groups excluding carboxylic acids is 1. The number of fused-ring (bicyclic) bond motifs is 1. The normalized spacial score (nSPS) is 19.4. The number of carbonyl (C=O) groups is 1. The maximum absolute atomic E-state index is 10.9. The van der Waals surface area contributed by atoms with E-state index in [1.54, 1.807) is 24.3 Å². The summed E-state index contributed by atoms with van der Waals surface area (Å²) in [5, 5.41) is 10.9. The van der Waals surface area contributed by atoms with Crippen molar-refractivity contribution in [2.24, 2.45) is 0 Å². The largest absolute Gasteiger partial charge is 1.00 e. The van der Waals surface area contributed by atoms with Gasteiger partial charge < -0.3 is 9.84 Å². The quantitative estimate of drug-likeness (QED) is 0.327. The van der Waals surface area contributed by atoms with Gasteiger partial charge >= 0.3 is 57.4 Å². The number of cyclic esters (lactones) is 1. The van der Waals surface area contributed by atoms with Crippen molar-refractivity contribution < 1.29 is 66.0 Å². The molecule has 0 radical (unpaired) electrons. The molecule has 0 fully saturated rings. The van der Waals surface area contributed by atoms with Crippen LogP contribution in [0.4, 0.5) is 0 Å². The smallest absolute Gasteiger partial charge is 0.818 e. The molecule has 1 aromatic carbocycles. The van der Waals surface area contributed by atoms with Crippen LogP contribution >= 0.6 is 0 Å². The van der Waals surface area contributed by atoms with Gasteiger partial charge in [0.1, 0.15) is 0 Å². The Balaban J connectivity index is 0.000000720. The molecular weight excluding hydrogens is 183 g/mol. The summed E-state index contributed by atoms with van der Waals surface area (Å²) in [6.45, 7) is 0. The molecule has 0 N–H and O–H groups in total. The Morgan fingerprint density at radius 2 is 2.00 bits per heavy atom. The molecule has 1 aliphatic rings. The van der Waals surface area contributed by atoms with Gasteiger partial charge in [0, 0.05) is 0 Å². The molecule has 0 saturated heterocycles. The van der Waals surface area contributed by atoms with E-state index in [0.29, 0.717) is 11.1 Å². The van der Waals surface area contributed by atoms with E-state index in [2.05, 4.69) is 4.74 Å². The first-order valence-electron chi connectivity index (χ1n) is 3.25. The van der Waals surface area contributed by atoms with E-state index < -0.39 is 12.3 Å². The van der Waals surface area contributed by atoms with E-state index in [1.165, 1.54) is 0 Å². The number of hydrogen-bond acceptors (Lipinski definition) is 3. The minimum atomic E-state index is -1.32. The van der Waals surface area contributed by atoms with Gasteiger partial charge in [-0.1, -0.05) is 18.2 Å². The van der Waals surface area contributed by atoms with Crippen LogP contribution in [0, 0.1) is 0 Å². The fraction of sp³-hybridized carbons (Fsp3) is 0.125. The van der Waals surface area contributed by atoms with Crippen molar-refractivity contribution in [3.63, 3.8) is 0 Å². The average Bonchev–Trinajstić information content (AvgIpc) is 2.30. The molecule has 0 aliphatic carbocycles. The Labute approximate surface area is 112 Å². The number of esters is 1. The van der Waals surface area contributed by atoms with Crippen LogP contribution in [-0.2, 0) is 4.74 Å². The van der Waals surface area contributed by atoms with Crippen LogP contribution in [0.2, 0.25) is 0 Å². The van der Waals surface area contributed by atoms with Crippen molar-refractivity contribution in [3.05, 3.63) is 35.4 Å². The van der Waals surface area contributed by atoms with Crippen molar-refractivity contribution in [2.75, 3.05) is 0 Å². The Morgan fingerprint density at radius 1 is 1.33 bits per heavy atom. The number of hydrogen-bond donors (Lipinski definition) is 0. The molecule has 1 heterocycles. The SMILES string of the molecule is O=C1OC([O-])c2ccccc21.[K+]. The summed E-state index contributed by atoms with van der Waals surface area (Å²) < 4.78 is 4.44. The minimum absolute atomic E-state index is 0. The van der Waals surface area contributed by atoms with Crippen molar-refractivity contribution >= 4 is 5.97 Å². The van der Waals surface area contributed by atoms with Crippen LogP contribution in [0.1, 0.15) is 22.2 Å². The second-order valence-corrected chi connectivity index (χ2v) is 2.32. The first-order chi connectivity index (χ1) is 5.29. The summed E-state index contributed by atoms with van der Waals surface area (Å²) in [6, 6.07) is 6.62. The zero-order chi connectivity index (χ0) is 7.84. The predicted octanol–water partition coefficient (Wildman–Crippen LogP) is -2.78. The molecule has 1 aromatic rings. The molecule has 0 saturated carbocycles. The van der Waals surface area contributed by atoms with Crippen LogP contribution in [0.3, 0.4) is 0 Å². The third-order valence-corrected chi connectivity index (χ3v) is 1.65. The van der Waals surface area contributed by atoms with Crippen molar-refractivity contribution in [1.82, 2.24) is 0 Å². The third-order valence-electron chi connectivity index (χ3n) is 1.65. The average molecular weight is 188 g/mol. The van der Waals surface area contributed by atoms with Gasteiger partial charge in [-0.3, -0.25) is 0 Å². The van der Waals surface area contributed by atoms with Gasteiger partial charge in [0.15, 0.2) is 0 Å². The number of ether oxygens (including phenoxy) is 1. The molecule has 1 atom stereocenters. The summed E-state index contributed by atoms with van der Waals surface area (Å²) in [6.07, 6.45) is -1.32. The van der Waals surface area contributed by atoms with Gasteiger partial charge in [0.2, 0.25) is 0 Å². The Hall–Kier alpha value is 0.286. The maximum Gasteiger partial charge on any atom is 1.00 e. The van der Waals surface area contributed by atoms with E-state index in [9.17, 15) is 9.90 Å². The molecule has 56 valence electrons. The summed E-state index contributed by atoms with van der Waals surface area (Å²) >= 11 is 0. The van der Waals surface area contributed by atoms with E-state index in [1.807, 2.05) is 0 Å². The Bertz CT molecular complexity index is 311. The van der Waals surface area contributed by atoms with E-state index in [0.717, 1.165) is 0 Å². The first kappa shape index (κ1) is 10.4. The second-order valence-electron chi connectivity index (χ2n) is 2.32. The van der Waals surface area contributed by atoms with E-state index >= 15 is 0 Å². The summed E-state index contributed by atoms with van der Waals surface area (Å²) in [7, 11) is 0. The molecule has 3 nitrogen and oxygen atoms in total. The van der Waals surface area contributed by atoms with Gasteiger partial charge in [-0.2, -0.15) is 0 Å². The molecular formula is C8H5KO3. The Morgan fingerprint density at radius 3 is 2.67 bits per heavy atom. The third kappa shape index (κ3) is 1.64. The second kappa shape index (κ2) is 4.00.